The zero-order valence-electron chi connectivity index (χ0n) is 8.24. The standard InChI is InChI=1S/C10H20N2O/c11-8-10(12-4-1-5-12)9-2-6-13-7-3-9/h9-10H,1-8,11H2. The molecule has 76 valence electrons. The summed E-state index contributed by atoms with van der Waals surface area (Å²) in [6.07, 6.45) is 3.77. The number of nitrogens with zero attached hydrogens (tertiary/aromatic N) is 1. The maximum atomic E-state index is 5.83. The van der Waals surface area contributed by atoms with Gasteiger partial charge >= 0.3 is 0 Å². The average molecular weight is 184 g/mol. The lowest BCUT2D eigenvalue weighted by Crippen LogP contribution is -2.53. The molecule has 2 aliphatic rings. The van der Waals surface area contributed by atoms with Crippen LogP contribution in [0.5, 0.6) is 0 Å². The van der Waals surface area contributed by atoms with Crippen LogP contribution in [0.15, 0.2) is 0 Å². The molecule has 0 aromatic carbocycles. The molecule has 2 N–H and O–H groups in total. The van der Waals surface area contributed by atoms with Gasteiger partial charge in [0.15, 0.2) is 0 Å². The third kappa shape index (κ3) is 2.03. The van der Waals surface area contributed by atoms with Gasteiger partial charge in [-0.15, -0.1) is 0 Å². The molecule has 0 aromatic rings. The summed E-state index contributed by atoms with van der Waals surface area (Å²) in [5, 5.41) is 0. The molecule has 1 unspecified atom stereocenters. The number of ether oxygens (including phenoxy) is 1. The van der Waals surface area contributed by atoms with Gasteiger partial charge in [-0.1, -0.05) is 0 Å². The molecule has 2 aliphatic heterocycles. The van der Waals surface area contributed by atoms with Crippen LogP contribution in [0.4, 0.5) is 0 Å². The van der Waals surface area contributed by atoms with Crippen LogP contribution in [0.3, 0.4) is 0 Å². The van der Waals surface area contributed by atoms with Gasteiger partial charge in [-0.05, 0) is 38.3 Å². The molecular formula is C10H20N2O. The molecule has 0 radical (unpaired) electrons. The Kier molecular flexibility index (Phi) is 3.19. The van der Waals surface area contributed by atoms with Crippen molar-refractivity contribution in [1.29, 1.82) is 0 Å². The molecule has 2 heterocycles. The molecular weight excluding hydrogens is 164 g/mol. The van der Waals surface area contributed by atoms with Crippen LogP contribution >= 0.6 is 0 Å². The molecule has 0 spiro atoms. The van der Waals surface area contributed by atoms with E-state index in [9.17, 15) is 0 Å². The predicted octanol–water partition coefficient (Wildman–Crippen LogP) is 0.446. The second kappa shape index (κ2) is 4.40. The first-order valence-electron chi connectivity index (χ1n) is 5.43. The van der Waals surface area contributed by atoms with Crippen molar-refractivity contribution < 1.29 is 4.74 Å². The van der Waals surface area contributed by atoms with Gasteiger partial charge in [0.1, 0.15) is 0 Å². The minimum atomic E-state index is 0.637. The summed E-state index contributed by atoms with van der Waals surface area (Å²) in [4.78, 5) is 2.54. The Bertz CT molecular complexity index is 153. The van der Waals surface area contributed by atoms with E-state index in [1.807, 2.05) is 0 Å². The molecule has 0 aliphatic carbocycles. The maximum Gasteiger partial charge on any atom is 0.0469 e. The van der Waals surface area contributed by atoms with Crippen LogP contribution in [0, 0.1) is 5.92 Å². The number of rotatable bonds is 3. The minimum Gasteiger partial charge on any atom is -0.381 e. The maximum absolute atomic E-state index is 5.83. The van der Waals surface area contributed by atoms with E-state index in [4.69, 9.17) is 10.5 Å². The summed E-state index contributed by atoms with van der Waals surface area (Å²) >= 11 is 0. The molecule has 3 heteroatoms. The average Bonchev–Trinajstić information content (AvgIpc) is 2.12. The molecule has 0 bridgehead atoms. The Morgan fingerprint density at radius 2 is 2.00 bits per heavy atom. The lowest BCUT2D eigenvalue weighted by Gasteiger charge is -2.43. The van der Waals surface area contributed by atoms with E-state index in [1.54, 1.807) is 0 Å². The van der Waals surface area contributed by atoms with E-state index in [0.717, 1.165) is 25.7 Å². The second-order valence-electron chi connectivity index (χ2n) is 4.14. The lowest BCUT2D eigenvalue weighted by molar-refractivity contribution is 0.00955. The Hall–Kier alpha value is -0.120. The molecule has 2 saturated heterocycles. The second-order valence-corrected chi connectivity index (χ2v) is 4.14. The Balaban J connectivity index is 1.86. The van der Waals surface area contributed by atoms with Crippen molar-refractivity contribution in [3.05, 3.63) is 0 Å². The normalized spacial score (nSPS) is 28.4. The first-order valence-corrected chi connectivity index (χ1v) is 5.43. The van der Waals surface area contributed by atoms with Crippen molar-refractivity contribution in [2.75, 3.05) is 32.8 Å². The van der Waals surface area contributed by atoms with Crippen molar-refractivity contribution in [3.8, 4) is 0 Å². The number of hydrogen-bond acceptors (Lipinski definition) is 3. The topological polar surface area (TPSA) is 38.5 Å². The fourth-order valence-corrected chi connectivity index (χ4v) is 2.41. The lowest BCUT2D eigenvalue weighted by atomic mass is 9.89. The SMILES string of the molecule is NCC(C1CCOCC1)N1CCC1. The highest BCUT2D eigenvalue weighted by Gasteiger charge is 2.30. The first kappa shape index (κ1) is 9.44. The highest BCUT2D eigenvalue weighted by molar-refractivity contribution is 4.85. The van der Waals surface area contributed by atoms with E-state index in [2.05, 4.69) is 4.90 Å². The molecule has 0 aromatic heterocycles. The van der Waals surface area contributed by atoms with Crippen molar-refractivity contribution >= 4 is 0 Å². The fraction of sp³-hybridized carbons (Fsp3) is 1.00. The molecule has 3 nitrogen and oxygen atoms in total. The Labute approximate surface area is 80.2 Å². The van der Waals surface area contributed by atoms with Gasteiger partial charge in [0, 0.05) is 25.8 Å². The van der Waals surface area contributed by atoms with Gasteiger partial charge < -0.3 is 10.5 Å². The molecule has 2 fully saturated rings. The van der Waals surface area contributed by atoms with Gasteiger partial charge in [0.05, 0.1) is 0 Å². The van der Waals surface area contributed by atoms with E-state index >= 15 is 0 Å². The first-order chi connectivity index (χ1) is 6.42. The molecule has 13 heavy (non-hydrogen) atoms. The summed E-state index contributed by atoms with van der Waals surface area (Å²) in [5.41, 5.74) is 5.83. The van der Waals surface area contributed by atoms with Crippen molar-refractivity contribution in [1.82, 2.24) is 4.90 Å². The van der Waals surface area contributed by atoms with E-state index < -0.39 is 0 Å². The number of hydrogen-bond donors (Lipinski definition) is 1. The predicted molar refractivity (Wildman–Crippen MR) is 52.6 cm³/mol. The third-order valence-corrected chi connectivity index (χ3v) is 3.41. The van der Waals surface area contributed by atoms with Crippen molar-refractivity contribution in [2.24, 2.45) is 11.7 Å². The van der Waals surface area contributed by atoms with Crippen molar-refractivity contribution in [3.63, 3.8) is 0 Å². The van der Waals surface area contributed by atoms with Gasteiger partial charge in [-0.25, -0.2) is 0 Å². The van der Waals surface area contributed by atoms with Crippen molar-refractivity contribution in [2.45, 2.75) is 25.3 Å². The molecule has 1 atom stereocenters. The smallest absolute Gasteiger partial charge is 0.0469 e. The van der Waals surface area contributed by atoms with Crippen LogP contribution in [-0.2, 0) is 4.74 Å². The van der Waals surface area contributed by atoms with Crippen LogP contribution < -0.4 is 5.73 Å². The summed E-state index contributed by atoms with van der Waals surface area (Å²) < 4.78 is 5.37. The van der Waals surface area contributed by atoms with Gasteiger partial charge in [0.2, 0.25) is 0 Å². The van der Waals surface area contributed by atoms with Gasteiger partial charge in [-0.2, -0.15) is 0 Å². The van der Waals surface area contributed by atoms with E-state index in [0.29, 0.717) is 6.04 Å². The number of likely N-dealkylation sites (tertiary alicyclic amines) is 1. The van der Waals surface area contributed by atoms with Crippen LogP contribution in [0.2, 0.25) is 0 Å². The van der Waals surface area contributed by atoms with Gasteiger partial charge in [0.25, 0.3) is 0 Å². The summed E-state index contributed by atoms with van der Waals surface area (Å²) in [6, 6.07) is 0.637. The molecule has 0 saturated carbocycles. The Morgan fingerprint density at radius 1 is 1.31 bits per heavy atom. The quantitative estimate of drug-likeness (QED) is 0.692. The molecule has 0 amide bonds. The monoisotopic (exact) mass is 184 g/mol. The summed E-state index contributed by atoms with van der Waals surface area (Å²) in [5.74, 6) is 0.791. The summed E-state index contributed by atoms with van der Waals surface area (Å²) in [6.45, 7) is 5.23. The van der Waals surface area contributed by atoms with E-state index in [-0.39, 0.29) is 0 Å². The summed E-state index contributed by atoms with van der Waals surface area (Å²) in [7, 11) is 0. The zero-order chi connectivity index (χ0) is 9.10. The van der Waals surface area contributed by atoms with Crippen LogP contribution in [0.25, 0.3) is 0 Å². The zero-order valence-corrected chi connectivity index (χ0v) is 8.24. The largest absolute Gasteiger partial charge is 0.381 e. The fourth-order valence-electron chi connectivity index (χ4n) is 2.41. The third-order valence-electron chi connectivity index (χ3n) is 3.41. The minimum absolute atomic E-state index is 0.637. The Morgan fingerprint density at radius 3 is 2.46 bits per heavy atom. The van der Waals surface area contributed by atoms with Gasteiger partial charge in [-0.3, -0.25) is 4.90 Å². The highest BCUT2D eigenvalue weighted by atomic mass is 16.5. The van der Waals surface area contributed by atoms with Crippen LogP contribution in [-0.4, -0.2) is 43.8 Å². The number of nitrogens with two attached hydrogens (primary N) is 1. The van der Waals surface area contributed by atoms with E-state index in [1.165, 1.54) is 32.4 Å². The molecule has 2 rings (SSSR count). The highest BCUT2D eigenvalue weighted by Crippen LogP contribution is 2.25. The van der Waals surface area contributed by atoms with Crippen LogP contribution in [0.1, 0.15) is 19.3 Å².